The second-order valence-corrected chi connectivity index (χ2v) is 7.54. The van der Waals surface area contributed by atoms with E-state index in [0.717, 1.165) is 18.1 Å². The minimum absolute atomic E-state index is 0.113. The Morgan fingerprint density at radius 2 is 1.57 bits per heavy atom. The lowest BCUT2D eigenvalue weighted by Gasteiger charge is -2.23. The van der Waals surface area contributed by atoms with Gasteiger partial charge in [0.15, 0.2) is 5.96 Å². The molecule has 2 aromatic carbocycles. The van der Waals surface area contributed by atoms with Gasteiger partial charge in [-0.25, -0.2) is 0 Å². The van der Waals surface area contributed by atoms with Gasteiger partial charge in [0.2, 0.25) is 5.91 Å². The van der Waals surface area contributed by atoms with E-state index < -0.39 is 0 Å². The quantitative estimate of drug-likeness (QED) is 0.420. The van der Waals surface area contributed by atoms with Gasteiger partial charge in [0.1, 0.15) is 0 Å². The van der Waals surface area contributed by atoms with Crippen LogP contribution in [-0.2, 0) is 17.9 Å². The molecule has 2 aromatic rings. The van der Waals surface area contributed by atoms with Crippen LogP contribution in [0.25, 0.3) is 0 Å². The lowest BCUT2D eigenvalue weighted by molar-refractivity contribution is -0.130. The maximum atomic E-state index is 12.4. The highest BCUT2D eigenvalue weighted by molar-refractivity contribution is 7.98. The van der Waals surface area contributed by atoms with Crippen LogP contribution in [0.4, 0.5) is 0 Å². The Hall–Kier alpha value is -2.47. The molecule has 28 heavy (non-hydrogen) atoms. The van der Waals surface area contributed by atoms with Crippen LogP contribution in [0.3, 0.4) is 0 Å². The second kappa shape index (κ2) is 11.4. The zero-order chi connectivity index (χ0) is 20.4. The van der Waals surface area contributed by atoms with E-state index in [9.17, 15) is 4.79 Å². The fourth-order valence-corrected chi connectivity index (χ4v) is 3.29. The lowest BCUT2D eigenvalue weighted by Crippen LogP contribution is -2.40. The van der Waals surface area contributed by atoms with Gasteiger partial charge in [0.25, 0.3) is 0 Å². The van der Waals surface area contributed by atoms with Crippen molar-refractivity contribution < 1.29 is 4.79 Å². The zero-order valence-corrected chi connectivity index (χ0v) is 18.0. The molecule has 0 aliphatic carbocycles. The van der Waals surface area contributed by atoms with Crippen LogP contribution in [0.2, 0.25) is 0 Å². The molecule has 0 aliphatic heterocycles. The monoisotopic (exact) mass is 398 g/mol. The molecule has 0 fully saturated rings. The number of nitrogens with zero attached hydrogens (tertiary/aromatic N) is 3. The fraction of sp³-hybridized carbons (Fsp3) is 0.364. The molecule has 0 atom stereocenters. The number of nitrogens with one attached hydrogen (secondary N) is 1. The highest BCUT2D eigenvalue weighted by Crippen LogP contribution is 2.15. The Kier molecular flexibility index (Phi) is 8.88. The summed E-state index contributed by atoms with van der Waals surface area (Å²) in [7, 11) is 5.61. The van der Waals surface area contributed by atoms with Gasteiger partial charge in [-0.3, -0.25) is 9.79 Å². The molecule has 0 radical (unpaired) electrons. The van der Waals surface area contributed by atoms with E-state index in [1.807, 2.05) is 44.4 Å². The van der Waals surface area contributed by atoms with E-state index in [1.54, 1.807) is 23.7 Å². The molecule has 0 saturated heterocycles. The molecule has 0 unspecified atom stereocenters. The first-order valence-electron chi connectivity index (χ1n) is 9.36. The van der Waals surface area contributed by atoms with Gasteiger partial charge in [-0.15, -0.1) is 11.8 Å². The number of guanidine groups is 1. The Bertz CT molecular complexity index is 762. The van der Waals surface area contributed by atoms with Crippen LogP contribution in [0.15, 0.2) is 64.5 Å². The maximum Gasteiger partial charge on any atom is 0.224 e. The zero-order valence-electron chi connectivity index (χ0n) is 17.2. The van der Waals surface area contributed by atoms with Crippen molar-refractivity contribution in [2.45, 2.75) is 24.4 Å². The van der Waals surface area contributed by atoms with Crippen molar-refractivity contribution in [3.05, 3.63) is 65.7 Å². The fourth-order valence-electron chi connectivity index (χ4n) is 2.88. The summed E-state index contributed by atoms with van der Waals surface area (Å²) in [6.45, 7) is 1.94. The van der Waals surface area contributed by atoms with Gasteiger partial charge in [0.05, 0.1) is 0 Å². The molecular weight excluding hydrogens is 368 g/mol. The van der Waals surface area contributed by atoms with Gasteiger partial charge in [-0.05, 0) is 29.5 Å². The lowest BCUT2D eigenvalue weighted by atomic mass is 10.2. The molecule has 1 N–H and O–H groups in total. The minimum Gasteiger partial charge on any atom is -0.356 e. The number of benzene rings is 2. The molecule has 0 aromatic heterocycles. The summed E-state index contributed by atoms with van der Waals surface area (Å²) in [4.78, 5) is 21.8. The number of amides is 1. The van der Waals surface area contributed by atoms with Crippen LogP contribution in [0.1, 0.15) is 17.5 Å². The molecule has 0 heterocycles. The van der Waals surface area contributed by atoms with Crippen LogP contribution < -0.4 is 5.32 Å². The van der Waals surface area contributed by atoms with E-state index in [1.165, 1.54) is 10.5 Å². The first-order chi connectivity index (χ1) is 13.5. The topological polar surface area (TPSA) is 47.9 Å². The SMILES string of the molecule is CN=C(NCCC(=O)N(C)Cc1ccccc1)N(C)Cc1ccc(SC)cc1. The van der Waals surface area contributed by atoms with Crippen molar-refractivity contribution in [1.82, 2.24) is 15.1 Å². The van der Waals surface area contributed by atoms with Gasteiger partial charge in [-0.1, -0.05) is 42.5 Å². The highest BCUT2D eigenvalue weighted by Gasteiger charge is 2.11. The van der Waals surface area contributed by atoms with E-state index in [-0.39, 0.29) is 5.91 Å². The van der Waals surface area contributed by atoms with Gasteiger partial charge < -0.3 is 15.1 Å². The molecule has 0 bridgehead atoms. The van der Waals surface area contributed by atoms with E-state index in [4.69, 9.17) is 0 Å². The maximum absolute atomic E-state index is 12.4. The van der Waals surface area contributed by atoms with Gasteiger partial charge >= 0.3 is 0 Å². The second-order valence-electron chi connectivity index (χ2n) is 6.66. The molecular formula is C22H30N4OS. The standard InChI is InChI=1S/C22H30N4OS/c1-23-22(26(3)17-19-10-12-20(28-4)13-11-19)24-15-14-21(27)25(2)16-18-8-6-5-7-9-18/h5-13H,14-17H2,1-4H3,(H,23,24). The Labute approximate surface area is 172 Å². The number of rotatable bonds is 8. The van der Waals surface area contributed by atoms with E-state index >= 15 is 0 Å². The summed E-state index contributed by atoms with van der Waals surface area (Å²) < 4.78 is 0. The van der Waals surface area contributed by atoms with Crippen molar-refractivity contribution in [2.24, 2.45) is 4.99 Å². The molecule has 6 heteroatoms. The molecule has 5 nitrogen and oxygen atoms in total. The van der Waals surface area contributed by atoms with Gasteiger partial charge in [-0.2, -0.15) is 0 Å². The molecule has 0 spiro atoms. The number of hydrogen-bond donors (Lipinski definition) is 1. The highest BCUT2D eigenvalue weighted by atomic mass is 32.2. The number of thioether (sulfide) groups is 1. The molecule has 0 saturated carbocycles. The summed E-state index contributed by atoms with van der Waals surface area (Å²) in [6.07, 6.45) is 2.50. The number of hydrogen-bond acceptors (Lipinski definition) is 3. The average molecular weight is 399 g/mol. The summed E-state index contributed by atoms with van der Waals surface area (Å²) >= 11 is 1.74. The van der Waals surface area contributed by atoms with Crippen molar-refractivity contribution in [1.29, 1.82) is 0 Å². The number of carbonyl (C=O) groups is 1. The van der Waals surface area contributed by atoms with Crippen molar-refractivity contribution in [3.63, 3.8) is 0 Å². The number of carbonyl (C=O) groups excluding carboxylic acids is 1. The third-order valence-electron chi connectivity index (χ3n) is 4.46. The third-order valence-corrected chi connectivity index (χ3v) is 5.21. The normalized spacial score (nSPS) is 11.2. The minimum atomic E-state index is 0.113. The molecule has 1 amide bonds. The first kappa shape index (κ1) is 21.8. The third kappa shape index (κ3) is 6.93. The number of aliphatic imine (C=N–C) groups is 1. The predicted octanol–water partition coefficient (Wildman–Crippen LogP) is 3.46. The van der Waals surface area contributed by atoms with Crippen LogP contribution in [-0.4, -0.2) is 55.6 Å². The first-order valence-corrected chi connectivity index (χ1v) is 10.6. The smallest absolute Gasteiger partial charge is 0.224 e. The summed E-state index contributed by atoms with van der Waals surface area (Å²) in [5.41, 5.74) is 2.36. The van der Waals surface area contributed by atoms with Crippen molar-refractivity contribution in [2.75, 3.05) is 33.9 Å². The van der Waals surface area contributed by atoms with Crippen LogP contribution in [0, 0.1) is 0 Å². The summed E-state index contributed by atoms with van der Waals surface area (Å²) in [5.74, 6) is 0.898. The Balaban J connectivity index is 1.78. The van der Waals surface area contributed by atoms with Gasteiger partial charge in [0, 0.05) is 52.1 Å². The van der Waals surface area contributed by atoms with Crippen molar-refractivity contribution >= 4 is 23.6 Å². The van der Waals surface area contributed by atoms with Crippen molar-refractivity contribution in [3.8, 4) is 0 Å². The predicted molar refractivity (Wildman–Crippen MR) is 119 cm³/mol. The molecule has 150 valence electrons. The average Bonchev–Trinajstić information content (AvgIpc) is 2.72. The molecule has 2 rings (SSSR count). The summed E-state index contributed by atoms with van der Waals surface area (Å²) in [6, 6.07) is 18.6. The largest absolute Gasteiger partial charge is 0.356 e. The van der Waals surface area contributed by atoms with E-state index in [2.05, 4.69) is 45.7 Å². The Morgan fingerprint density at radius 3 is 2.18 bits per heavy atom. The van der Waals surface area contributed by atoms with Crippen LogP contribution >= 0.6 is 11.8 Å². The van der Waals surface area contributed by atoms with Crippen LogP contribution in [0.5, 0.6) is 0 Å². The summed E-state index contributed by atoms with van der Waals surface area (Å²) in [5, 5.41) is 3.29. The Morgan fingerprint density at radius 1 is 0.964 bits per heavy atom. The molecule has 0 aliphatic rings. The van der Waals surface area contributed by atoms with E-state index in [0.29, 0.717) is 19.5 Å².